The first kappa shape index (κ1) is 15.8. The average molecular weight is 375 g/mol. The summed E-state index contributed by atoms with van der Waals surface area (Å²) in [5.41, 5.74) is 7.37. The zero-order valence-electron chi connectivity index (χ0n) is 10.6. The van der Waals surface area contributed by atoms with E-state index in [-0.39, 0.29) is 5.92 Å². The summed E-state index contributed by atoms with van der Waals surface area (Å²) in [6, 6.07) is 12.8. The quantitative estimate of drug-likeness (QED) is 0.825. The van der Waals surface area contributed by atoms with Crippen LogP contribution in [0, 0.1) is 0 Å². The van der Waals surface area contributed by atoms with Crippen LogP contribution in [0.5, 0.6) is 0 Å². The third-order valence-corrected chi connectivity index (χ3v) is 4.26. The van der Waals surface area contributed by atoms with Gasteiger partial charge in [-0.1, -0.05) is 51.3 Å². The molecule has 0 radical (unpaired) electrons. The Morgan fingerprint density at radius 2 is 1.90 bits per heavy atom. The Morgan fingerprint density at radius 1 is 1.15 bits per heavy atom. The monoisotopic (exact) mass is 373 g/mol. The first-order chi connectivity index (χ1) is 9.52. The number of benzene rings is 2. The minimum absolute atomic E-state index is 0.247. The van der Waals surface area contributed by atoms with Crippen molar-refractivity contribution in [3.63, 3.8) is 0 Å². The van der Waals surface area contributed by atoms with Gasteiger partial charge in [0.2, 0.25) is 0 Å². The van der Waals surface area contributed by atoms with Gasteiger partial charge < -0.3 is 10.8 Å². The van der Waals surface area contributed by atoms with Crippen LogP contribution in [0.4, 0.5) is 0 Å². The summed E-state index contributed by atoms with van der Waals surface area (Å²) in [6.45, 7) is 0.306. The molecule has 20 heavy (non-hydrogen) atoms. The van der Waals surface area contributed by atoms with Gasteiger partial charge in [0.1, 0.15) is 0 Å². The lowest BCUT2D eigenvalue weighted by molar-refractivity contribution is 0.147. The highest BCUT2D eigenvalue weighted by atomic mass is 79.9. The molecule has 0 aliphatic heterocycles. The number of aliphatic hydroxyl groups excluding tert-OH is 1. The van der Waals surface area contributed by atoms with Crippen LogP contribution in [0.3, 0.4) is 0 Å². The van der Waals surface area contributed by atoms with Crippen LogP contribution in [-0.4, -0.2) is 11.7 Å². The summed E-state index contributed by atoms with van der Waals surface area (Å²) < 4.78 is 0.942. The van der Waals surface area contributed by atoms with E-state index in [0.29, 0.717) is 22.2 Å². The number of halogens is 3. The van der Waals surface area contributed by atoms with Crippen LogP contribution in [0.1, 0.15) is 23.1 Å². The maximum Gasteiger partial charge on any atom is 0.0885 e. The van der Waals surface area contributed by atoms with Crippen LogP contribution in [0.2, 0.25) is 10.0 Å². The maximum absolute atomic E-state index is 10.6. The molecular formula is C15H14BrCl2NO. The molecule has 0 aromatic heterocycles. The first-order valence-electron chi connectivity index (χ1n) is 6.11. The minimum Gasteiger partial charge on any atom is -0.388 e. The molecule has 106 valence electrons. The molecular weight excluding hydrogens is 361 g/mol. The third kappa shape index (κ3) is 3.54. The topological polar surface area (TPSA) is 46.2 Å². The lowest BCUT2D eigenvalue weighted by Crippen LogP contribution is -2.20. The normalized spacial score (nSPS) is 14.1. The predicted octanol–water partition coefficient (Wildman–Crippen LogP) is 4.53. The molecule has 2 unspecified atom stereocenters. The van der Waals surface area contributed by atoms with Gasteiger partial charge in [0.15, 0.2) is 0 Å². The highest BCUT2D eigenvalue weighted by molar-refractivity contribution is 9.10. The molecule has 0 spiro atoms. The highest BCUT2D eigenvalue weighted by Crippen LogP contribution is 2.36. The van der Waals surface area contributed by atoms with Gasteiger partial charge in [-0.2, -0.15) is 0 Å². The zero-order valence-corrected chi connectivity index (χ0v) is 13.7. The fourth-order valence-corrected chi connectivity index (χ4v) is 2.97. The SMILES string of the molecule is NCC(c1cccc(Br)c1)C(O)c1cc(Cl)ccc1Cl. The van der Waals surface area contributed by atoms with Gasteiger partial charge in [0.25, 0.3) is 0 Å². The van der Waals surface area contributed by atoms with Crippen molar-refractivity contribution in [3.8, 4) is 0 Å². The lowest BCUT2D eigenvalue weighted by atomic mass is 9.89. The van der Waals surface area contributed by atoms with Crippen LogP contribution in [0.15, 0.2) is 46.9 Å². The van der Waals surface area contributed by atoms with Crippen molar-refractivity contribution >= 4 is 39.1 Å². The molecule has 2 atom stereocenters. The zero-order chi connectivity index (χ0) is 14.7. The number of aliphatic hydroxyl groups is 1. The Balaban J connectivity index is 2.38. The number of rotatable bonds is 4. The highest BCUT2D eigenvalue weighted by Gasteiger charge is 2.23. The van der Waals surface area contributed by atoms with Crippen LogP contribution in [0.25, 0.3) is 0 Å². The molecule has 5 heteroatoms. The van der Waals surface area contributed by atoms with E-state index < -0.39 is 6.10 Å². The molecule has 0 amide bonds. The van der Waals surface area contributed by atoms with Crippen molar-refractivity contribution < 1.29 is 5.11 Å². The Kier molecular flexibility index (Phi) is 5.47. The van der Waals surface area contributed by atoms with Crippen molar-refractivity contribution in [1.29, 1.82) is 0 Å². The molecule has 0 aliphatic carbocycles. The van der Waals surface area contributed by atoms with E-state index in [1.165, 1.54) is 0 Å². The van der Waals surface area contributed by atoms with Gasteiger partial charge in [-0.3, -0.25) is 0 Å². The Bertz CT molecular complexity index is 606. The predicted molar refractivity (Wildman–Crippen MR) is 87.4 cm³/mol. The third-order valence-electron chi connectivity index (χ3n) is 3.19. The summed E-state index contributed by atoms with van der Waals surface area (Å²) in [6.07, 6.45) is -0.805. The standard InChI is InChI=1S/C15H14BrCl2NO/c16-10-3-1-2-9(6-10)13(8-19)15(20)12-7-11(17)4-5-14(12)18/h1-7,13,15,20H,8,19H2. The van der Waals surface area contributed by atoms with Crippen molar-refractivity contribution in [2.24, 2.45) is 5.73 Å². The first-order valence-corrected chi connectivity index (χ1v) is 7.66. The summed E-state index contributed by atoms with van der Waals surface area (Å²) in [4.78, 5) is 0. The molecule has 2 nitrogen and oxygen atoms in total. The molecule has 2 aromatic carbocycles. The van der Waals surface area contributed by atoms with Crippen molar-refractivity contribution in [3.05, 3.63) is 68.1 Å². The van der Waals surface area contributed by atoms with Crippen molar-refractivity contribution in [1.82, 2.24) is 0 Å². The molecule has 2 rings (SSSR count). The van der Waals surface area contributed by atoms with Gasteiger partial charge in [-0.05, 0) is 35.9 Å². The fourth-order valence-electron chi connectivity index (χ4n) is 2.14. The van der Waals surface area contributed by atoms with Crippen molar-refractivity contribution in [2.45, 2.75) is 12.0 Å². The summed E-state index contributed by atoms with van der Waals surface area (Å²) in [5, 5.41) is 11.6. The van der Waals surface area contributed by atoms with Gasteiger partial charge >= 0.3 is 0 Å². The smallest absolute Gasteiger partial charge is 0.0885 e. The van der Waals surface area contributed by atoms with E-state index in [9.17, 15) is 5.11 Å². The number of nitrogens with two attached hydrogens (primary N) is 1. The average Bonchev–Trinajstić information content (AvgIpc) is 2.42. The molecule has 0 fully saturated rings. The molecule has 0 bridgehead atoms. The Morgan fingerprint density at radius 3 is 2.55 bits per heavy atom. The van der Waals surface area contributed by atoms with Gasteiger partial charge in [0, 0.05) is 32.5 Å². The number of hydrogen-bond donors (Lipinski definition) is 2. The maximum atomic E-state index is 10.6. The molecule has 2 aromatic rings. The minimum atomic E-state index is -0.805. The fraction of sp³-hybridized carbons (Fsp3) is 0.200. The van der Waals surface area contributed by atoms with E-state index in [4.69, 9.17) is 28.9 Å². The van der Waals surface area contributed by atoms with E-state index in [0.717, 1.165) is 10.0 Å². The van der Waals surface area contributed by atoms with Gasteiger partial charge in [0.05, 0.1) is 6.10 Å². The summed E-state index contributed by atoms with van der Waals surface area (Å²) in [5.74, 6) is -0.247. The van der Waals surface area contributed by atoms with Crippen LogP contribution in [-0.2, 0) is 0 Å². The van der Waals surface area contributed by atoms with Gasteiger partial charge in [-0.15, -0.1) is 0 Å². The van der Waals surface area contributed by atoms with Crippen LogP contribution >= 0.6 is 39.1 Å². The lowest BCUT2D eigenvalue weighted by Gasteiger charge is -2.23. The molecule has 0 saturated heterocycles. The van der Waals surface area contributed by atoms with E-state index in [1.807, 2.05) is 24.3 Å². The second-order valence-electron chi connectivity index (χ2n) is 4.51. The molecule has 0 heterocycles. The Hall–Kier alpha value is -0.580. The molecule has 0 aliphatic rings. The van der Waals surface area contributed by atoms with E-state index in [2.05, 4.69) is 15.9 Å². The Labute approximate surface area is 136 Å². The van der Waals surface area contributed by atoms with E-state index >= 15 is 0 Å². The van der Waals surface area contributed by atoms with E-state index in [1.54, 1.807) is 18.2 Å². The van der Waals surface area contributed by atoms with Crippen molar-refractivity contribution in [2.75, 3.05) is 6.54 Å². The summed E-state index contributed by atoms with van der Waals surface area (Å²) in [7, 11) is 0. The number of hydrogen-bond acceptors (Lipinski definition) is 2. The molecule has 0 saturated carbocycles. The van der Waals surface area contributed by atoms with Crippen LogP contribution < -0.4 is 5.73 Å². The second kappa shape index (κ2) is 6.92. The van der Waals surface area contributed by atoms with Gasteiger partial charge in [-0.25, -0.2) is 0 Å². The molecule has 3 N–H and O–H groups in total. The largest absolute Gasteiger partial charge is 0.388 e. The second-order valence-corrected chi connectivity index (χ2v) is 6.27. The summed E-state index contributed by atoms with van der Waals surface area (Å²) >= 11 is 15.5.